The van der Waals surface area contributed by atoms with Crippen LogP contribution in [0.5, 0.6) is 0 Å². The minimum Gasteiger partial charge on any atom is -0.379 e. The molecule has 1 atom stereocenters. The molecular weight excluding hydrogens is 354 g/mol. The first-order chi connectivity index (χ1) is 13.7. The Bertz CT molecular complexity index is 662. The van der Waals surface area contributed by atoms with Gasteiger partial charge in [0.15, 0.2) is 11.8 Å². The SMILES string of the molecule is Cc1nnc(CN=C(NC2CCCCC2)N2CCC(N3CCOCC3)C2)n1C. The maximum absolute atomic E-state index is 5.53. The van der Waals surface area contributed by atoms with Crippen LogP contribution in [-0.2, 0) is 18.3 Å². The van der Waals surface area contributed by atoms with E-state index >= 15 is 0 Å². The molecule has 2 saturated heterocycles. The Morgan fingerprint density at radius 1 is 1.11 bits per heavy atom. The third kappa shape index (κ3) is 4.66. The van der Waals surface area contributed by atoms with Crippen molar-refractivity contribution in [1.82, 2.24) is 29.9 Å². The lowest BCUT2D eigenvalue weighted by atomic mass is 9.96. The monoisotopic (exact) mass is 389 g/mol. The molecule has 8 nitrogen and oxygen atoms in total. The molecule has 0 bridgehead atoms. The molecule has 0 radical (unpaired) electrons. The number of rotatable bonds is 4. The van der Waals surface area contributed by atoms with E-state index < -0.39 is 0 Å². The Kier molecular flexibility index (Phi) is 6.47. The molecule has 0 spiro atoms. The van der Waals surface area contributed by atoms with Gasteiger partial charge in [-0.05, 0) is 26.2 Å². The maximum atomic E-state index is 5.53. The van der Waals surface area contributed by atoms with Gasteiger partial charge >= 0.3 is 0 Å². The quantitative estimate of drug-likeness (QED) is 0.618. The second-order valence-corrected chi connectivity index (χ2v) is 8.38. The Hall–Kier alpha value is -1.67. The number of aromatic nitrogens is 3. The molecule has 0 amide bonds. The van der Waals surface area contributed by atoms with Crippen LogP contribution in [0, 0.1) is 6.92 Å². The highest BCUT2D eigenvalue weighted by Crippen LogP contribution is 2.20. The number of aliphatic imine (C=N–C) groups is 1. The van der Waals surface area contributed by atoms with Crippen LogP contribution >= 0.6 is 0 Å². The number of nitrogens with zero attached hydrogens (tertiary/aromatic N) is 6. The van der Waals surface area contributed by atoms with Gasteiger partial charge in [0.1, 0.15) is 12.4 Å². The van der Waals surface area contributed by atoms with Crippen LogP contribution in [0.1, 0.15) is 50.2 Å². The van der Waals surface area contributed by atoms with Crippen LogP contribution in [0.25, 0.3) is 0 Å². The molecule has 0 aromatic carbocycles. The summed E-state index contributed by atoms with van der Waals surface area (Å²) in [5.74, 6) is 2.91. The van der Waals surface area contributed by atoms with Gasteiger partial charge in [-0.2, -0.15) is 0 Å². The Labute approximate surface area is 168 Å². The van der Waals surface area contributed by atoms with E-state index in [1.165, 1.54) is 38.5 Å². The van der Waals surface area contributed by atoms with Gasteiger partial charge < -0.3 is 19.5 Å². The van der Waals surface area contributed by atoms with Crippen molar-refractivity contribution in [2.75, 3.05) is 39.4 Å². The predicted octanol–water partition coefficient (Wildman–Crippen LogP) is 1.31. The van der Waals surface area contributed by atoms with E-state index in [0.29, 0.717) is 18.6 Å². The van der Waals surface area contributed by atoms with Gasteiger partial charge in [0.2, 0.25) is 0 Å². The standard InChI is InChI=1S/C20H35N7O/c1-16-23-24-19(25(16)2)14-21-20(22-17-6-4-3-5-7-17)27-9-8-18(15-27)26-10-12-28-13-11-26/h17-18H,3-15H2,1-2H3,(H,21,22). The number of guanidine groups is 1. The van der Waals surface area contributed by atoms with E-state index in [1.54, 1.807) is 0 Å². The zero-order chi connectivity index (χ0) is 19.3. The van der Waals surface area contributed by atoms with Crippen molar-refractivity contribution >= 4 is 5.96 Å². The number of hydrogen-bond acceptors (Lipinski definition) is 5. The summed E-state index contributed by atoms with van der Waals surface area (Å²) in [5.41, 5.74) is 0. The van der Waals surface area contributed by atoms with E-state index in [4.69, 9.17) is 9.73 Å². The number of likely N-dealkylation sites (tertiary alicyclic amines) is 1. The molecule has 156 valence electrons. The summed E-state index contributed by atoms with van der Waals surface area (Å²) in [5, 5.41) is 12.3. The lowest BCUT2D eigenvalue weighted by Crippen LogP contribution is -2.48. The van der Waals surface area contributed by atoms with Crippen molar-refractivity contribution in [1.29, 1.82) is 0 Å². The second-order valence-electron chi connectivity index (χ2n) is 8.38. The van der Waals surface area contributed by atoms with Crippen molar-refractivity contribution in [3.05, 3.63) is 11.6 Å². The molecule has 1 saturated carbocycles. The number of nitrogens with one attached hydrogen (secondary N) is 1. The molecule has 1 aliphatic carbocycles. The van der Waals surface area contributed by atoms with E-state index in [1.807, 2.05) is 18.5 Å². The summed E-state index contributed by atoms with van der Waals surface area (Å²) in [4.78, 5) is 10.0. The van der Waals surface area contributed by atoms with Gasteiger partial charge in [-0.25, -0.2) is 4.99 Å². The van der Waals surface area contributed by atoms with Gasteiger partial charge in [0.25, 0.3) is 0 Å². The number of hydrogen-bond donors (Lipinski definition) is 1. The zero-order valence-corrected chi connectivity index (χ0v) is 17.4. The molecule has 1 aromatic heterocycles. The zero-order valence-electron chi connectivity index (χ0n) is 17.4. The molecule has 4 rings (SSSR count). The molecule has 1 N–H and O–H groups in total. The average Bonchev–Trinajstić information content (AvgIpc) is 3.35. The Morgan fingerprint density at radius 2 is 1.89 bits per heavy atom. The molecule has 28 heavy (non-hydrogen) atoms. The molecule has 1 aromatic rings. The van der Waals surface area contributed by atoms with E-state index in [2.05, 4.69) is 25.3 Å². The minimum atomic E-state index is 0.552. The van der Waals surface area contributed by atoms with Crippen LogP contribution in [0.4, 0.5) is 0 Å². The Balaban J connectivity index is 1.44. The fraction of sp³-hybridized carbons (Fsp3) is 0.850. The molecule has 3 aliphatic rings. The number of morpholine rings is 1. The predicted molar refractivity (Wildman–Crippen MR) is 109 cm³/mol. The number of ether oxygens (including phenoxy) is 1. The average molecular weight is 390 g/mol. The van der Waals surface area contributed by atoms with Crippen LogP contribution in [-0.4, -0.2) is 82.0 Å². The highest BCUT2D eigenvalue weighted by molar-refractivity contribution is 5.80. The van der Waals surface area contributed by atoms with Crippen LogP contribution < -0.4 is 5.32 Å². The summed E-state index contributed by atoms with van der Waals surface area (Å²) in [6.07, 6.45) is 7.72. The molecule has 2 aliphatic heterocycles. The third-order valence-electron chi connectivity index (χ3n) is 6.52. The van der Waals surface area contributed by atoms with Crippen molar-refractivity contribution in [3.63, 3.8) is 0 Å². The smallest absolute Gasteiger partial charge is 0.194 e. The maximum Gasteiger partial charge on any atom is 0.194 e. The van der Waals surface area contributed by atoms with Crippen molar-refractivity contribution in [3.8, 4) is 0 Å². The van der Waals surface area contributed by atoms with Crippen molar-refractivity contribution < 1.29 is 4.74 Å². The lowest BCUT2D eigenvalue weighted by Gasteiger charge is -2.33. The largest absolute Gasteiger partial charge is 0.379 e. The van der Waals surface area contributed by atoms with E-state index in [0.717, 1.165) is 57.0 Å². The first-order valence-electron chi connectivity index (χ1n) is 10.9. The summed E-state index contributed by atoms with van der Waals surface area (Å²) in [7, 11) is 2.01. The first kappa shape index (κ1) is 19.6. The van der Waals surface area contributed by atoms with Crippen LogP contribution in [0.2, 0.25) is 0 Å². The number of aryl methyl sites for hydroxylation is 1. The fourth-order valence-corrected chi connectivity index (χ4v) is 4.58. The topological polar surface area (TPSA) is 70.8 Å². The molecule has 3 fully saturated rings. The molecular formula is C20H35N7O. The van der Waals surface area contributed by atoms with Crippen molar-refractivity contribution in [2.24, 2.45) is 12.0 Å². The normalized spacial score (nSPS) is 25.4. The minimum absolute atomic E-state index is 0.552. The first-order valence-corrected chi connectivity index (χ1v) is 10.9. The molecule has 3 heterocycles. The summed E-state index contributed by atoms with van der Waals surface area (Å²) in [6, 6.07) is 1.16. The van der Waals surface area contributed by atoms with Gasteiger partial charge in [0, 0.05) is 45.3 Å². The molecule has 8 heteroatoms. The summed E-state index contributed by atoms with van der Waals surface area (Å²) >= 11 is 0. The highest BCUT2D eigenvalue weighted by atomic mass is 16.5. The second kappa shape index (κ2) is 9.22. The lowest BCUT2D eigenvalue weighted by molar-refractivity contribution is 0.0194. The fourth-order valence-electron chi connectivity index (χ4n) is 4.58. The van der Waals surface area contributed by atoms with Crippen LogP contribution in [0.15, 0.2) is 4.99 Å². The molecule has 1 unspecified atom stereocenters. The summed E-state index contributed by atoms with van der Waals surface area (Å²) < 4.78 is 7.56. The van der Waals surface area contributed by atoms with Gasteiger partial charge in [-0.3, -0.25) is 4.90 Å². The van der Waals surface area contributed by atoms with E-state index in [-0.39, 0.29) is 0 Å². The van der Waals surface area contributed by atoms with Crippen LogP contribution in [0.3, 0.4) is 0 Å². The highest BCUT2D eigenvalue weighted by Gasteiger charge is 2.31. The van der Waals surface area contributed by atoms with Gasteiger partial charge in [0.05, 0.1) is 13.2 Å². The van der Waals surface area contributed by atoms with E-state index in [9.17, 15) is 0 Å². The van der Waals surface area contributed by atoms with Gasteiger partial charge in [-0.1, -0.05) is 19.3 Å². The Morgan fingerprint density at radius 3 is 2.61 bits per heavy atom. The van der Waals surface area contributed by atoms with Crippen molar-refractivity contribution in [2.45, 2.75) is 64.1 Å². The summed E-state index contributed by atoms with van der Waals surface area (Å²) in [6.45, 7) is 8.51. The van der Waals surface area contributed by atoms with Gasteiger partial charge in [-0.15, -0.1) is 10.2 Å². The third-order valence-corrected chi connectivity index (χ3v) is 6.52.